The van der Waals surface area contributed by atoms with Crippen LogP contribution in [0.3, 0.4) is 0 Å². The van der Waals surface area contributed by atoms with Crippen LogP contribution in [0, 0.1) is 39.9 Å². The Kier molecular flexibility index (Phi) is 4.94. The Morgan fingerprint density at radius 1 is 1.21 bits per heavy atom. The van der Waals surface area contributed by atoms with Crippen molar-refractivity contribution in [1.82, 2.24) is 0 Å². The van der Waals surface area contributed by atoms with E-state index >= 15 is 0 Å². The monoisotopic (exact) mass is 402 g/mol. The van der Waals surface area contributed by atoms with Crippen LogP contribution in [-0.4, -0.2) is 23.1 Å². The van der Waals surface area contributed by atoms with E-state index in [2.05, 4.69) is 13.5 Å². The van der Waals surface area contributed by atoms with E-state index in [1.165, 1.54) is 5.57 Å². The lowest BCUT2D eigenvalue weighted by atomic mass is 9.36. The third-order valence-electron chi connectivity index (χ3n) is 9.44. The minimum atomic E-state index is -0.616. The lowest BCUT2D eigenvalue weighted by molar-refractivity contribution is -0.209. The molecule has 162 valence electrons. The molecule has 1 spiro atoms. The second-order valence-electron chi connectivity index (χ2n) is 11.6. The van der Waals surface area contributed by atoms with Gasteiger partial charge in [-0.3, -0.25) is 9.59 Å². The summed E-state index contributed by atoms with van der Waals surface area (Å²) in [5.74, 6) is 0.619. The Labute approximate surface area is 175 Å². The van der Waals surface area contributed by atoms with Crippen LogP contribution in [0.1, 0.15) is 85.5 Å². The van der Waals surface area contributed by atoms with E-state index in [1.54, 1.807) is 0 Å². The summed E-state index contributed by atoms with van der Waals surface area (Å²) in [7, 11) is 0. The highest BCUT2D eigenvalue weighted by molar-refractivity contribution is 5.75. The third kappa shape index (κ3) is 3.08. The minimum Gasteiger partial charge on any atom is -0.481 e. The first-order valence-electron chi connectivity index (χ1n) is 11.6. The van der Waals surface area contributed by atoms with Crippen molar-refractivity contribution < 1.29 is 19.4 Å². The van der Waals surface area contributed by atoms with Gasteiger partial charge >= 0.3 is 11.9 Å². The average Bonchev–Trinajstić information content (AvgIpc) is 2.59. The molecule has 0 aliphatic heterocycles. The number of rotatable bonds is 4. The number of carboxylic acid groups (broad SMARTS) is 1. The van der Waals surface area contributed by atoms with Gasteiger partial charge in [-0.15, -0.1) is 0 Å². The first-order chi connectivity index (χ1) is 13.5. The van der Waals surface area contributed by atoms with Crippen molar-refractivity contribution in [1.29, 1.82) is 0 Å². The molecule has 0 aromatic rings. The van der Waals surface area contributed by atoms with Crippen molar-refractivity contribution in [2.45, 2.75) is 91.6 Å². The number of aliphatic carboxylic acids is 1. The molecular weight excluding hydrogens is 364 g/mol. The van der Waals surface area contributed by atoms with Gasteiger partial charge in [0.15, 0.2) is 0 Å². The molecule has 1 N–H and O–H groups in total. The quantitative estimate of drug-likeness (QED) is 0.490. The molecule has 29 heavy (non-hydrogen) atoms. The zero-order valence-electron chi connectivity index (χ0n) is 18.6. The summed E-state index contributed by atoms with van der Waals surface area (Å²) in [5, 5.41) is 10.1. The minimum absolute atomic E-state index is 0.0339. The van der Waals surface area contributed by atoms with Gasteiger partial charge in [0.1, 0.15) is 6.10 Å². The molecule has 4 nitrogen and oxygen atoms in total. The zero-order chi connectivity index (χ0) is 21.2. The number of hydrogen-bond acceptors (Lipinski definition) is 3. The molecular formula is C25H38O4. The van der Waals surface area contributed by atoms with Crippen LogP contribution in [0.2, 0.25) is 0 Å². The van der Waals surface area contributed by atoms with Gasteiger partial charge in [0, 0.05) is 12.3 Å². The summed E-state index contributed by atoms with van der Waals surface area (Å²) in [6, 6.07) is 0. The lowest BCUT2D eigenvalue weighted by Crippen LogP contribution is -2.63. The molecule has 0 amide bonds. The first kappa shape index (κ1) is 20.9. The lowest BCUT2D eigenvalue weighted by Gasteiger charge is -2.68. The molecule has 0 aromatic carbocycles. The fourth-order valence-electron chi connectivity index (χ4n) is 8.22. The second kappa shape index (κ2) is 6.85. The highest BCUT2D eigenvalue weighted by atomic mass is 16.5. The van der Waals surface area contributed by atoms with Crippen LogP contribution in [-0.2, 0) is 14.3 Å². The highest BCUT2D eigenvalue weighted by Crippen LogP contribution is 2.72. The first-order valence-corrected chi connectivity index (χ1v) is 11.6. The van der Waals surface area contributed by atoms with E-state index in [4.69, 9.17) is 4.74 Å². The van der Waals surface area contributed by atoms with Crippen molar-refractivity contribution in [3.8, 4) is 0 Å². The van der Waals surface area contributed by atoms with Gasteiger partial charge in [-0.05, 0) is 80.5 Å². The Morgan fingerprint density at radius 3 is 2.59 bits per heavy atom. The summed E-state index contributed by atoms with van der Waals surface area (Å²) >= 11 is 0. The van der Waals surface area contributed by atoms with E-state index in [0.717, 1.165) is 51.4 Å². The van der Waals surface area contributed by atoms with Crippen LogP contribution in [0.15, 0.2) is 12.2 Å². The van der Waals surface area contributed by atoms with E-state index < -0.39 is 11.4 Å². The van der Waals surface area contributed by atoms with Crippen molar-refractivity contribution in [3.05, 3.63) is 12.2 Å². The van der Waals surface area contributed by atoms with Crippen LogP contribution in [0.5, 0.6) is 0 Å². The molecule has 7 unspecified atom stereocenters. The van der Waals surface area contributed by atoms with Gasteiger partial charge in [-0.25, -0.2) is 0 Å². The van der Waals surface area contributed by atoms with E-state index in [9.17, 15) is 14.7 Å². The maximum atomic E-state index is 12.4. The Hall–Kier alpha value is -1.32. The molecule has 2 bridgehead atoms. The standard InChI is InChI=1S/C25H38O4/c1-15(2)11-21(26)29-18-14-25-10-7-19-23(4,8-6-9-24(19,5)22(27)28)20(25)12-17(18)16(3)13-25/h15,17-20H,3,6-14H2,1-2,4-5H3,(H,27,28). The maximum Gasteiger partial charge on any atom is 0.309 e. The molecule has 5 fully saturated rings. The molecule has 0 heterocycles. The molecule has 4 heteroatoms. The van der Waals surface area contributed by atoms with Crippen LogP contribution >= 0.6 is 0 Å². The van der Waals surface area contributed by atoms with Crippen molar-refractivity contribution in [2.75, 3.05) is 0 Å². The Balaban J connectivity index is 1.61. The molecule has 0 radical (unpaired) electrons. The number of ether oxygens (including phenoxy) is 1. The third-order valence-corrected chi connectivity index (χ3v) is 9.44. The van der Waals surface area contributed by atoms with Gasteiger partial charge in [0.05, 0.1) is 5.41 Å². The normalized spacial score (nSPS) is 46.2. The average molecular weight is 403 g/mol. The molecule has 5 aliphatic rings. The van der Waals surface area contributed by atoms with Gasteiger partial charge in [0.25, 0.3) is 0 Å². The Morgan fingerprint density at radius 2 is 1.93 bits per heavy atom. The van der Waals surface area contributed by atoms with Crippen LogP contribution < -0.4 is 0 Å². The number of esters is 1. The topological polar surface area (TPSA) is 63.6 Å². The second-order valence-corrected chi connectivity index (χ2v) is 11.6. The molecule has 5 aliphatic carbocycles. The largest absolute Gasteiger partial charge is 0.481 e. The number of carboxylic acids is 1. The van der Waals surface area contributed by atoms with E-state index in [-0.39, 0.29) is 34.7 Å². The smallest absolute Gasteiger partial charge is 0.309 e. The molecule has 7 atom stereocenters. The zero-order valence-corrected chi connectivity index (χ0v) is 18.6. The van der Waals surface area contributed by atoms with Crippen molar-refractivity contribution in [2.24, 2.45) is 39.9 Å². The van der Waals surface area contributed by atoms with Crippen molar-refractivity contribution >= 4 is 11.9 Å². The molecule has 5 saturated carbocycles. The van der Waals surface area contributed by atoms with Gasteiger partial charge in [0.2, 0.25) is 0 Å². The van der Waals surface area contributed by atoms with Gasteiger partial charge < -0.3 is 9.84 Å². The summed E-state index contributed by atoms with van der Waals surface area (Å²) in [6.07, 6.45) is 8.38. The van der Waals surface area contributed by atoms with Crippen molar-refractivity contribution in [3.63, 3.8) is 0 Å². The predicted molar refractivity (Wildman–Crippen MR) is 112 cm³/mol. The number of hydrogen-bond donors (Lipinski definition) is 1. The van der Waals surface area contributed by atoms with Gasteiger partial charge in [-0.1, -0.05) is 39.3 Å². The van der Waals surface area contributed by atoms with Crippen LogP contribution in [0.25, 0.3) is 0 Å². The molecule has 0 saturated heterocycles. The summed E-state index contributed by atoms with van der Waals surface area (Å²) in [4.78, 5) is 24.6. The molecule has 0 aromatic heterocycles. The molecule has 5 rings (SSSR count). The maximum absolute atomic E-state index is 12.4. The van der Waals surface area contributed by atoms with Gasteiger partial charge in [-0.2, -0.15) is 0 Å². The summed E-state index contributed by atoms with van der Waals surface area (Å²) in [6.45, 7) is 12.9. The number of carbonyl (C=O) groups excluding carboxylic acids is 1. The Bertz CT molecular complexity index is 726. The number of carbonyl (C=O) groups is 2. The fourth-order valence-corrected chi connectivity index (χ4v) is 8.22. The van der Waals surface area contributed by atoms with E-state index in [1.807, 2.05) is 20.8 Å². The number of fused-ring (bicyclic) bond motifs is 3. The summed E-state index contributed by atoms with van der Waals surface area (Å²) in [5.41, 5.74) is 0.853. The predicted octanol–water partition coefficient (Wildman–Crippen LogP) is 5.61. The highest BCUT2D eigenvalue weighted by Gasteiger charge is 2.66. The summed E-state index contributed by atoms with van der Waals surface area (Å²) < 4.78 is 6.00. The van der Waals surface area contributed by atoms with E-state index in [0.29, 0.717) is 18.3 Å². The SMILES string of the molecule is C=C1CC23CCC4C(C)(C(=O)O)CCCC4(C)C2CC1C(OC(=O)CC(C)C)C3. The fraction of sp³-hybridized carbons (Fsp3) is 0.840. The van der Waals surface area contributed by atoms with Crippen LogP contribution in [0.4, 0.5) is 0 Å².